The fourth-order valence-corrected chi connectivity index (χ4v) is 1.65. The summed E-state index contributed by atoms with van der Waals surface area (Å²) in [5, 5.41) is 2.35. The second kappa shape index (κ2) is 10.2. The third-order valence-electron chi connectivity index (χ3n) is 2.59. The van der Waals surface area contributed by atoms with E-state index in [2.05, 4.69) is 28.1 Å². The highest BCUT2D eigenvalue weighted by molar-refractivity contribution is 5.68. The van der Waals surface area contributed by atoms with Gasteiger partial charge in [-0.1, -0.05) is 0 Å². The van der Waals surface area contributed by atoms with Gasteiger partial charge in [0, 0.05) is 25.4 Å². The highest BCUT2D eigenvalue weighted by atomic mass is 19.3. The van der Waals surface area contributed by atoms with Gasteiger partial charge in [-0.3, -0.25) is 9.78 Å². The van der Waals surface area contributed by atoms with Crippen molar-refractivity contribution in [1.82, 2.24) is 14.9 Å². The maximum atomic E-state index is 12.7. The van der Waals surface area contributed by atoms with Gasteiger partial charge in [0.15, 0.2) is 5.82 Å². The maximum absolute atomic E-state index is 12.7. The van der Waals surface area contributed by atoms with Crippen molar-refractivity contribution >= 4 is 18.3 Å². The highest BCUT2D eigenvalue weighted by Gasteiger charge is 2.41. The number of carbonyl (C=O) groups excluding carboxylic acids is 2. The molecule has 1 aromatic heterocycles. The molecule has 2 heterocycles. The number of alkyl halides is 2. The Bertz CT molecular complexity index is 559. The number of amides is 2. The summed E-state index contributed by atoms with van der Waals surface area (Å²) in [7, 11) is 0. The molecule has 2 rings (SSSR count). The van der Waals surface area contributed by atoms with Crippen LogP contribution in [0.25, 0.3) is 0 Å². The van der Waals surface area contributed by atoms with Crippen LogP contribution in [0.2, 0.25) is 0 Å². The molecule has 0 aromatic carbocycles. The zero-order valence-electron chi connectivity index (χ0n) is 14.4. The summed E-state index contributed by atoms with van der Waals surface area (Å²) in [4.78, 5) is 29.6. The normalized spacial score (nSPS) is 14.9. The van der Waals surface area contributed by atoms with Gasteiger partial charge in [0.2, 0.25) is 6.41 Å². The molecule has 1 saturated heterocycles. The van der Waals surface area contributed by atoms with E-state index in [1.165, 1.54) is 18.6 Å². The van der Waals surface area contributed by atoms with Gasteiger partial charge >= 0.3 is 6.09 Å². The molecule has 1 fully saturated rings. The minimum atomic E-state index is -2.75. The van der Waals surface area contributed by atoms with Crippen LogP contribution in [-0.2, 0) is 9.53 Å². The lowest BCUT2D eigenvalue weighted by atomic mass is 10.2. The van der Waals surface area contributed by atoms with E-state index < -0.39 is 24.2 Å². The number of nitrogens with one attached hydrogen (secondary N) is 1. The van der Waals surface area contributed by atoms with Gasteiger partial charge in [0.1, 0.15) is 5.60 Å². The second-order valence-electron chi connectivity index (χ2n) is 5.86. The molecule has 1 aliphatic heterocycles. The van der Waals surface area contributed by atoms with Crippen molar-refractivity contribution in [1.29, 1.82) is 0 Å². The zero-order valence-corrected chi connectivity index (χ0v) is 14.4. The van der Waals surface area contributed by atoms with Crippen LogP contribution in [-0.4, -0.2) is 52.0 Å². The number of likely N-dealkylation sites (tertiary alicyclic amines) is 1. The fraction of sp³-hybridized carbons (Fsp3) is 0.500. The van der Waals surface area contributed by atoms with Crippen molar-refractivity contribution in [3.8, 4) is 12.8 Å². The van der Waals surface area contributed by atoms with Crippen molar-refractivity contribution in [2.45, 2.75) is 38.7 Å². The number of terminal acetylenes is 1. The standard InChI is InChI=1S/C9H15F2NO2.C5H5N3O.C2H2/c1-8(2,3)14-7(13)12-5-4-9(10,11)6-12;9-4-8-5-3-6-1-2-7-5;1-2/h4-6H2,1-3H3;1-4H,(H,7,8,9);1-2H. The molecule has 25 heavy (non-hydrogen) atoms. The summed E-state index contributed by atoms with van der Waals surface area (Å²) in [6.07, 6.45) is 12.1. The molecule has 9 heteroatoms. The Morgan fingerprint density at radius 1 is 1.40 bits per heavy atom. The highest BCUT2D eigenvalue weighted by Crippen LogP contribution is 2.27. The first-order valence-corrected chi connectivity index (χ1v) is 7.28. The minimum Gasteiger partial charge on any atom is -0.444 e. The lowest BCUT2D eigenvalue weighted by Gasteiger charge is -2.24. The number of carbonyl (C=O) groups is 2. The van der Waals surface area contributed by atoms with E-state index in [1.807, 2.05) is 0 Å². The molecule has 1 aliphatic rings. The predicted molar refractivity (Wildman–Crippen MR) is 89.0 cm³/mol. The van der Waals surface area contributed by atoms with Gasteiger partial charge in [-0.15, -0.1) is 12.8 Å². The fourth-order valence-electron chi connectivity index (χ4n) is 1.65. The van der Waals surface area contributed by atoms with Crippen molar-refractivity contribution in [3.05, 3.63) is 18.6 Å². The average Bonchev–Trinajstić information content (AvgIpc) is 2.90. The Morgan fingerprint density at radius 2 is 2.04 bits per heavy atom. The monoisotopic (exact) mass is 356 g/mol. The summed E-state index contributed by atoms with van der Waals surface area (Å²) in [6.45, 7) is 4.67. The Labute approximate surface area is 145 Å². The van der Waals surface area contributed by atoms with E-state index in [0.717, 1.165) is 4.90 Å². The molecule has 0 atom stereocenters. The maximum Gasteiger partial charge on any atom is 0.410 e. The van der Waals surface area contributed by atoms with Gasteiger partial charge in [0.25, 0.3) is 5.92 Å². The van der Waals surface area contributed by atoms with Crippen LogP contribution in [0.4, 0.5) is 19.4 Å². The van der Waals surface area contributed by atoms with E-state index in [9.17, 15) is 18.4 Å². The van der Waals surface area contributed by atoms with E-state index in [-0.39, 0.29) is 13.0 Å². The van der Waals surface area contributed by atoms with Crippen LogP contribution in [0.3, 0.4) is 0 Å². The number of rotatable bonds is 2. The number of aromatic nitrogens is 2. The Kier molecular flexibility index (Phi) is 9.05. The topological polar surface area (TPSA) is 84.4 Å². The first kappa shape index (κ1) is 22.2. The molecule has 0 saturated carbocycles. The van der Waals surface area contributed by atoms with E-state index in [0.29, 0.717) is 12.2 Å². The molecule has 0 radical (unpaired) electrons. The van der Waals surface area contributed by atoms with Gasteiger partial charge in [-0.2, -0.15) is 0 Å². The molecule has 7 nitrogen and oxygen atoms in total. The summed E-state index contributed by atoms with van der Waals surface area (Å²) in [5.41, 5.74) is -0.630. The molecule has 0 spiro atoms. The summed E-state index contributed by atoms with van der Waals surface area (Å²) in [6, 6.07) is 0. The lowest BCUT2D eigenvalue weighted by molar-refractivity contribution is -0.105. The van der Waals surface area contributed by atoms with Crippen LogP contribution >= 0.6 is 0 Å². The number of hydrogen-bond donors (Lipinski definition) is 1. The van der Waals surface area contributed by atoms with E-state index in [1.54, 1.807) is 20.8 Å². The number of nitrogens with zero attached hydrogens (tertiary/aromatic N) is 3. The number of hydrogen-bond acceptors (Lipinski definition) is 5. The molecule has 1 N–H and O–H groups in total. The Balaban J connectivity index is 0.000000451. The quantitative estimate of drug-likeness (QED) is 0.650. The number of anilines is 1. The molecule has 0 unspecified atom stereocenters. The smallest absolute Gasteiger partial charge is 0.410 e. The molecule has 138 valence electrons. The SMILES string of the molecule is C#C.CC(C)(C)OC(=O)N1CCC(F)(F)C1.O=CNc1cnccn1. The third-order valence-corrected chi connectivity index (χ3v) is 2.59. The summed E-state index contributed by atoms with van der Waals surface area (Å²) in [5.74, 6) is -2.29. The van der Waals surface area contributed by atoms with Gasteiger partial charge < -0.3 is 15.0 Å². The van der Waals surface area contributed by atoms with Gasteiger partial charge in [0.05, 0.1) is 12.7 Å². The second-order valence-corrected chi connectivity index (χ2v) is 5.86. The zero-order chi connectivity index (χ0) is 19.5. The van der Waals surface area contributed by atoms with Crippen molar-refractivity contribution in [3.63, 3.8) is 0 Å². The first-order chi connectivity index (χ1) is 11.6. The van der Waals surface area contributed by atoms with Gasteiger partial charge in [-0.25, -0.2) is 18.6 Å². The largest absolute Gasteiger partial charge is 0.444 e. The van der Waals surface area contributed by atoms with Crippen LogP contribution in [0.15, 0.2) is 18.6 Å². The van der Waals surface area contributed by atoms with Crippen LogP contribution in [0, 0.1) is 12.8 Å². The van der Waals surface area contributed by atoms with Crippen molar-refractivity contribution in [2.75, 3.05) is 18.4 Å². The molecule has 2 amide bonds. The summed E-state index contributed by atoms with van der Waals surface area (Å²) >= 11 is 0. The molecular weight excluding hydrogens is 334 g/mol. The molecule has 1 aromatic rings. The van der Waals surface area contributed by atoms with Crippen molar-refractivity contribution < 1.29 is 23.1 Å². The molecular formula is C16H22F2N4O3. The van der Waals surface area contributed by atoms with E-state index in [4.69, 9.17) is 4.74 Å². The Hall–Kier alpha value is -2.76. The van der Waals surface area contributed by atoms with Crippen LogP contribution < -0.4 is 5.32 Å². The van der Waals surface area contributed by atoms with E-state index >= 15 is 0 Å². The number of ether oxygens (including phenoxy) is 1. The minimum absolute atomic E-state index is 0.0713. The van der Waals surface area contributed by atoms with Crippen LogP contribution in [0.5, 0.6) is 0 Å². The Morgan fingerprint density at radius 3 is 2.44 bits per heavy atom. The third kappa shape index (κ3) is 9.86. The first-order valence-electron chi connectivity index (χ1n) is 7.28. The molecule has 0 aliphatic carbocycles. The lowest BCUT2D eigenvalue weighted by Crippen LogP contribution is -2.36. The number of halogens is 2. The van der Waals surface area contributed by atoms with Crippen LogP contribution in [0.1, 0.15) is 27.2 Å². The average molecular weight is 356 g/mol. The summed E-state index contributed by atoms with van der Waals surface area (Å²) < 4.78 is 30.4. The molecule has 0 bridgehead atoms. The van der Waals surface area contributed by atoms with Gasteiger partial charge in [-0.05, 0) is 20.8 Å². The predicted octanol–water partition coefficient (Wildman–Crippen LogP) is 2.56. The van der Waals surface area contributed by atoms with Crippen molar-refractivity contribution in [2.24, 2.45) is 0 Å².